The highest BCUT2D eigenvalue weighted by Gasteiger charge is 2.42. The summed E-state index contributed by atoms with van der Waals surface area (Å²) < 4.78 is 11.0. The predicted molar refractivity (Wildman–Crippen MR) is 112 cm³/mol. The lowest BCUT2D eigenvalue weighted by molar-refractivity contribution is 0.0742. The van der Waals surface area contributed by atoms with E-state index >= 15 is 0 Å². The third kappa shape index (κ3) is 3.23. The second kappa shape index (κ2) is 7.79. The summed E-state index contributed by atoms with van der Waals surface area (Å²) in [6.45, 7) is 2.68. The number of halogens is 1. The van der Waals surface area contributed by atoms with Crippen LogP contribution >= 0.6 is 11.6 Å². The number of carbonyl (C=O) groups excluding carboxylic acids is 1. The Morgan fingerprint density at radius 3 is 2.55 bits per heavy atom. The number of benzene rings is 2. The second-order valence-electron chi connectivity index (χ2n) is 6.88. The number of nitrogens with one attached hydrogen (secondary N) is 1. The van der Waals surface area contributed by atoms with Crippen molar-refractivity contribution in [2.45, 2.75) is 19.4 Å². The van der Waals surface area contributed by atoms with Gasteiger partial charge in [0.2, 0.25) is 0 Å². The minimum atomic E-state index is -0.303. The molecule has 0 bridgehead atoms. The van der Waals surface area contributed by atoms with Crippen molar-refractivity contribution in [3.8, 4) is 22.8 Å². The fourth-order valence-electron chi connectivity index (χ4n) is 3.86. The summed E-state index contributed by atoms with van der Waals surface area (Å²) >= 11 is 6.05. The Hall–Kier alpha value is -2.99. The molecule has 6 nitrogen and oxygen atoms in total. The monoisotopic (exact) mass is 411 g/mol. The maximum atomic E-state index is 13.2. The SMILES string of the molecule is CCCN1C(=O)c2[nH]nc(-c3ccc(Cl)cc3)c2C1c1ccc(OC)cc1OC. The summed E-state index contributed by atoms with van der Waals surface area (Å²) in [5.74, 6) is 1.30. The minimum absolute atomic E-state index is 0.0579. The third-order valence-corrected chi connectivity index (χ3v) is 5.43. The summed E-state index contributed by atoms with van der Waals surface area (Å²) in [7, 11) is 3.24. The van der Waals surface area contributed by atoms with Crippen LogP contribution in [0, 0.1) is 0 Å². The molecule has 2 aromatic carbocycles. The molecule has 0 fully saturated rings. The molecule has 1 aliphatic rings. The van der Waals surface area contributed by atoms with Crippen molar-refractivity contribution in [3.63, 3.8) is 0 Å². The van der Waals surface area contributed by atoms with Gasteiger partial charge in [-0.05, 0) is 30.7 Å². The number of ether oxygens (including phenoxy) is 2. The molecule has 29 heavy (non-hydrogen) atoms. The molecule has 4 rings (SSSR count). The average molecular weight is 412 g/mol. The van der Waals surface area contributed by atoms with E-state index in [1.807, 2.05) is 47.4 Å². The largest absolute Gasteiger partial charge is 0.497 e. The van der Waals surface area contributed by atoms with Crippen LogP contribution in [0.15, 0.2) is 42.5 Å². The van der Waals surface area contributed by atoms with Crippen molar-refractivity contribution >= 4 is 17.5 Å². The van der Waals surface area contributed by atoms with Gasteiger partial charge >= 0.3 is 0 Å². The van der Waals surface area contributed by atoms with Gasteiger partial charge in [0.25, 0.3) is 5.91 Å². The van der Waals surface area contributed by atoms with Gasteiger partial charge in [0, 0.05) is 34.3 Å². The van der Waals surface area contributed by atoms with Crippen molar-refractivity contribution in [1.82, 2.24) is 15.1 Å². The molecule has 2 heterocycles. The van der Waals surface area contributed by atoms with Crippen LogP contribution in [0.1, 0.15) is 41.0 Å². The molecule has 0 radical (unpaired) electrons. The van der Waals surface area contributed by atoms with Gasteiger partial charge in [0.15, 0.2) is 0 Å². The van der Waals surface area contributed by atoms with Crippen LogP contribution in [0.4, 0.5) is 0 Å². The van der Waals surface area contributed by atoms with Crippen molar-refractivity contribution in [3.05, 3.63) is 64.3 Å². The van der Waals surface area contributed by atoms with Gasteiger partial charge in [-0.1, -0.05) is 30.7 Å². The highest BCUT2D eigenvalue weighted by molar-refractivity contribution is 6.30. The first-order chi connectivity index (χ1) is 14.1. The van der Waals surface area contributed by atoms with Gasteiger partial charge < -0.3 is 14.4 Å². The van der Waals surface area contributed by atoms with Crippen LogP contribution in [0.25, 0.3) is 11.3 Å². The van der Waals surface area contributed by atoms with E-state index in [1.54, 1.807) is 14.2 Å². The lowest BCUT2D eigenvalue weighted by Gasteiger charge is -2.27. The molecular weight excluding hydrogens is 390 g/mol. The number of methoxy groups -OCH3 is 2. The first kappa shape index (κ1) is 19.3. The van der Waals surface area contributed by atoms with Crippen LogP contribution < -0.4 is 9.47 Å². The molecule has 150 valence electrons. The lowest BCUT2D eigenvalue weighted by atomic mass is 9.95. The molecule has 1 amide bonds. The van der Waals surface area contributed by atoms with E-state index in [4.69, 9.17) is 21.1 Å². The fourth-order valence-corrected chi connectivity index (χ4v) is 3.99. The van der Waals surface area contributed by atoms with E-state index in [-0.39, 0.29) is 11.9 Å². The van der Waals surface area contributed by atoms with Crippen LogP contribution in [0.3, 0.4) is 0 Å². The molecule has 1 N–H and O–H groups in total. The maximum Gasteiger partial charge on any atom is 0.273 e. The zero-order valence-electron chi connectivity index (χ0n) is 16.5. The highest BCUT2D eigenvalue weighted by atomic mass is 35.5. The first-order valence-corrected chi connectivity index (χ1v) is 9.83. The molecule has 1 aromatic heterocycles. The molecule has 0 saturated heterocycles. The molecular formula is C22H22ClN3O3. The fraction of sp³-hybridized carbons (Fsp3) is 0.273. The van der Waals surface area contributed by atoms with E-state index in [1.165, 1.54) is 0 Å². The van der Waals surface area contributed by atoms with Gasteiger partial charge in [-0.3, -0.25) is 9.89 Å². The molecule has 1 unspecified atom stereocenters. The van der Waals surface area contributed by atoms with Gasteiger partial charge in [0.05, 0.1) is 26.0 Å². The number of carbonyl (C=O) groups is 1. The van der Waals surface area contributed by atoms with Gasteiger partial charge in [-0.25, -0.2) is 0 Å². The van der Waals surface area contributed by atoms with Crippen molar-refractivity contribution in [2.24, 2.45) is 0 Å². The van der Waals surface area contributed by atoms with Crippen molar-refractivity contribution < 1.29 is 14.3 Å². The van der Waals surface area contributed by atoms with E-state index in [0.29, 0.717) is 28.8 Å². The molecule has 7 heteroatoms. The number of rotatable bonds is 6. The number of H-pyrrole nitrogens is 1. The Bertz CT molecular complexity index is 1050. The van der Waals surface area contributed by atoms with Gasteiger partial charge in [-0.2, -0.15) is 5.10 Å². The number of amides is 1. The maximum absolute atomic E-state index is 13.2. The summed E-state index contributed by atoms with van der Waals surface area (Å²) in [5.41, 5.74) is 3.91. The number of hydrogen-bond donors (Lipinski definition) is 1. The first-order valence-electron chi connectivity index (χ1n) is 9.46. The lowest BCUT2D eigenvalue weighted by Crippen LogP contribution is -2.30. The van der Waals surface area contributed by atoms with Crippen LogP contribution in [0.2, 0.25) is 5.02 Å². The Kier molecular flexibility index (Phi) is 5.20. The van der Waals surface area contributed by atoms with Crippen LogP contribution in [-0.4, -0.2) is 41.8 Å². The zero-order chi connectivity index (χ0) is 20.5. The van der Waals surface area contributed by atoms with Crippen molar-refractivity contribution in [1.29, 1.82) is 0 Å². The Morgan fingerprint density at radius 1 is 1.14 bits per heavy atom. The third-order valence-electron chi connectivity index (χ3n) is 5.18. The molecule has 0 spiro atoms. The van der Waals surface area contributed by atoms with E-state index in [9.17, 15) is 4.79 Å². The Labute approximate surface area is 174 Å². The zero-order valence-corrected chi connectivity index (χ0v) is 17.3. The van der Waals surface area contributed by atoms with E-state index in [0.717, 1.165) is 28.8 Å². The van der Waals surface area contributed by atoms with Crippen molar-refractivity contribution in [2.75, 3.05) is 20.8 Å². The minimum Gasteiger partial charge on any atom is -0.497 e. The summed E-state index contributed by atoms with van der Waals surface area (Å²) in [4.78, 5) is 15.0. The van der Waals surface area contributed by atoms with E-state index < -0.39 is 0 Å². The predicted octanol–water partition coefficient (Wildman–Crippen LogP) is 4.70. The number of aromatic amines is 1. The number of fused-ring (bicyclic) bond motifs is 1. The quantitative estimate of drug-likeness (QED) is 0.638. The van der Waals surface area contributed by atoms with Gasteiger partial charge in [-0.15, -0.1) is 0 Å². The summed E-state index contributed by atoms with van der Waals surface area (Å²) in [6.07, 6.45) is 0.842. The normalized spacial score (nSPS) is 15.5. The van der Waals surface area contributed by atoms with Crippen LogP contribution in [0.5, 0.6) is 11.5 Å². The number of hydrogen-bond acceptors (Lipinski definition) is 4. The average Bonchev–Trinajstić information content (AvgIpc) is 3.28. The van der Waals surface area contributed by atoms with E-state index in [2.05, 4.69) is 17.1 Å². The summed E-state index contributed by atoms with van der Waals surface area (Å²) in [6, 6.07) is 12.8. The molecule has 0 aliphatic carbocycles. The molecule has 3 aromatic rings. The number of aromatic nitrogens is 2. The summed E-state index contributed by atoms with van der Waals surface area (Å²) in [5, 5.41) is 8.08. The Morgan fingerprint density at radius 2 is 1.90 bits per heavy atom. The topological polar surface area (TPSA) is 67.5 Å². The number of nitrogens with zero attached hydrogens (tertiary/aromatic N) is 2. The highest BCUT2D eigenvalue weighted by Crippen LogP contribution is 2.46. The molecule has 0 saturated carbocycles. The van der Waals surface area contributed by atoms with Crippen LogP contribution in [-0.2, 0) is 0 Å². The molecule has 1 atom stereocenters. The van der Waals surface area contributed by atoms with Gasteiger partial charge in [0.1, 0.15) is 17.2 Å². The smallest absolute Gasteiger partial charge is 0.273 e. The Balaban J connectivity index is 1.91. The second-order valence-corrected chi connectivity index (χ2v) is 7.31. The standard InChI is InChI=1S/C22H22ClN3O3/c1-4-11-26-21(16-10-9-15(28-2)12-17(16)29-3)18-19(24-25-20(18)22(26)27)13-5-7-14(23)8-6-13/h5-10,12,21H,4,11H2,1-3H3,(H,24,25). The molecule has 1 aliphatic heterocycles.